The molecule has 8 nitrogen and oxygen atoms in total. The molecule has 0 aliphatic rings. The first-order valence-electron chi connectivity index (χ1n) is 31.4. The Morgan fingerprint density at radius 1 is 0.374 bits per heavy atom. The van der Waals surface area contributed by atoms with Crippen molar-refractivity contribution >= 4 is 27.7 Å². The van der Waals surface area contributed by atoms with E-state index in [9.17, 15) is 4.79 Å². The van der Waals surface area contributed by atoms with E-state index < -0.39 is 0 Å². The van der Waals surface area contributed by atoms with Crippen molar-refractivity contribution in [2.75, 3.05) is 0 Å². The van der Waals surface area contributed by atoms with Gasteiger partial charge in [0.2, 0.25) is 0 Å². The van der Waals surface area contributed by atoms with Gasteiger partial charge in [-0.1, -0.05) is 168 Å². The van der Waals surface area contributed by atoms with Crippen molar-refractivity contribution in [2.24, 2.45) is 0 Å². The van der Waals surface area contributed by atoms with E-state index in [1.807, 2.05) is 196 Å². The summed E-state index contributed by atoms with van der Waals surface area (Å²) in [5, 5.41) is 10.6. The molecule has 0 fully saturated rings. The van der Waals surface area contributed by atoms with Crippen LogP contribution in [0.4, 0.5) is 0 Å². The second-order valence-electron chi connectivity index (χ2n) is 22.5. The smallest absolute Gasteiger partial charge is 0.155 e. The molecule has 497 valence electrons. The summed E-state index contributed by atoms with van der Waals surface area (Å²) >= 11 is 0. The molecule has 9 aromatic carbocycles. The quantitative estimate of drug-likeness (QED) is 0.0863. The molecule has 0 unspecified atom stereocenters. The summed E-state index contributed by atoms with van der Waals surface area (Å²) in [6, 6.07) is 107. The SMILES string of the molecule is CC(=O)C=C(C)O.Cc1cc(-c2[c-]cccc2)ncc1-c1ccccc1.Cc1ccc(-c2[c-]cccc2)nc1.Cc1ccc(-c2ccnc(-c3[c-]ccc4c3oc3ccccc34)c2)cc1.Cc1ccnc(-c2[c-]ccc(-c3ccccc3)c2)c1.[Ir].[Ir].[Ir].[c-]1ccccc1-c1ccccn1. The molecule has 15 rings (SSSR count). The summed E-state index contributed by atoms with van der Waals surface area (Å²) < 4.78 is 6.13. The summed E-state index contributed by atoms with van der Waals surface area (Å²) in [7, 11) is 0. The summed E-state index contributed by atoms with van der Waals surface area (Å²) in [4.78, 5) is 32.1. The fourth-order valence-corrected chi connectivity index (χ4v) is 10.2. The molecule has 0 aliphatic heterocycles. The number of hydrogen-bond donors (Lipinski definition) is 1. The van der Waals surface area contributed by atoms with Gasteiger partial charge in [0.1, 0.15) is 5.58 Å². The van der Waals surface area contributed by atoms with E-state index in [1.165, 1.54) is 70.0 Å². The van der Waals surface area contributed by atoms with Crippen molar-refractivity contribution in [1.82, 2.24) is 24.9 Å². The van der Waals surface area contributed by atoms with Crippen LogP contribution in [-0.2, 0) is 65.1 Å². The molecule has 99 heavy (non-hydrogen) atoms. The number of furan rings is 1. The molecule has 0 bridgehead atoms. The van der Waals surface area contributed by atoms with E-state index in [-0.39, 0.29) is 71.9 Å². The number of carbonyl (C=O) groups excluding carboxylic acids is 1. The van der Waals surface area contributed by atoms with E-state index in [1.54, 1.807) is 6.20 Å². The Kier molecular flexibility index (Phi) is 30.1. The topological polar surface area (TPSA) is 115 Å². The van der Waals surface area contributed by atoms with Crippen LogP contribution in [0.2, 0.25) is 0 Å². The zero-order valence-corrected chi connectivity index (χ0v) is 62.6. The van der Waals surface area contributed by atoms with Crippen LogP contribution in [-0.4, -0.2) is 35.8 Å². The third-order valence-electron chi connectivity index (χ3n) is 15.0. The number of hydrogen-bond acceptors (Lipinski definition) is 8. The maximum Gasteiger partial charge on any atom is 0.155 e. The molecule has 0 saturated heterocycles. The zero-order chi connectivity index (χ0) is 66.9. The number of ketones is 1. The van der Waals surface area contributed by atoms with Crippen molar-refractivity contribution < 1.29 is 74.6 Å². The Bertz CT molecular complexity index is 4910. The third-order valence-corrected chi connectivity index (χ3v) is 15.0. The number of para-hydroxylation sites is 1. The molecule has 15 aromatic rings. The molecule has 6 heterocycles. The fraction of sp³-hybridized carbons (Fsp3) is 0.0682. The number of carbonyl (C=O) groups is 1. The van der Waals surface area contributed by atoms with Gasteiger partial charge in [0.15, 0.2) is 5.78 Å². The number of benzene rings is 9. The van der Waals surface area contributed by atoms with Gasteiger partial charge in [-0.05, 0) is 128 Å². The second kappa shape index (κ2) is 39.2. The number of aryl methyl sites for hydroxylation is 4. The average Bonchev–Trinajstić information content (AvgIpc) is 1.65. The van der Waals surface area contributed by atoms with E-state index in [4.69, 9.17) is 9.52 Å². The summed E-state index contributed by atoms with van der Waals surface area (Å²) in [5.41, 5.74) is 23.5. The Hall–Kier alpha value is -10.3. The number of allylic oxidation sites excluding steroid dienone is 2. The molecule has 0 saturated carbocycles. The van der Waals surface area contributed by atoms with Crippen molar-refractivity contribution in [3.63, 3.8) is 0 Å². The first-order chi connectivity index (χ1) is 46.9. The molecular weight excluding hydrogens is 1750 g/mol. The Balaban J connectivity index is 0.000000172. The summed E-state index contributed by atoms with van der Waals surface area (Å²) in [5.74, 6) is -0.0625. The van der Waals surface area contributed by atoms with Crippen LogP contribution in [0.25, 0.3) is 112 Å². The molecule has 0 atom stereocenters. The zero-order valence-electron chi connectivity index (χ0n) is 55.4. The van der Waals surface area contributed by atoms with E-state index in [0.29, 0.717) is 0 Å². The maximum absolute atomic E-state index is 10.0. The van der Waals surface area contributed by atoms with Gasteiger partial charge in [0, 0.05) is 108 Å². The third kappa shape index (κ3) is 22.4. The van der Waals surface area contributed by atoms with E-state index in [0.717, 1.165) is 83.8 Å². The second-order valence-corrected chi connectivity index (χ2v) is 22.5. The van der Waals surface area contributed by atoms with Crippen LogP contribution in [0.5, 0.6) is 0 Å². The molecule has 0 amide bonds. The van der Waals surface area contributed by atoms with Crippen molar-refractivity contribution in [3.8, 4) is 89.7 Å². The van der Waals surface area contributed by atoms with E-state index in [2.05, 4.69) is 185 Å². The first kappa shape index (κ1) is 76.1. The number of aliphatic hydroxyl groups is 1. The van der Waals surface area contributed by atoms with Gasteiger partial charge in [0.25, 0.3) is 0 Å². The number of aliphatic hydroxyl groups excluding tert-OH is 1. The van der Waals surface area contributed by atoms with Gasteiger partial charge in [-0.2, -0.15) is 0 Å². The minimum atomic E-state index is -0.125. The first-order valence-corrected chi connectivity index (χ1v) is 31.4. The standard InChI is InChI=1S/C24H16NO.2C18H14N.C12H10N.C11H8N.C5H8O2.3Ir/c1-16-9-11-17(12-10-16)18-13-14-25-22(15-18)21-7-4-6-20-19-5-2-3-8-23(19)26-24(20)21;1-14-12-18(16-10-6-3-7-11-16)19-13-17(14)15-8-4-2-5-9-15;1-14-10-11-19-18(12-14)17-9-5-8-16(13-17)15-6-3-2-4-7-15;1-10-7-8-12(13-9-10)11-5-3-2-4-6-11;1-2-6-10(7-3-1)11-8-4-5-9-12-11;1-4(6)3-5(2)7;;;/h2-6,8-15H,1H3;2-10,12-13H,1H3;2-8,10-13H,1H3;2-5,7-9H,1H3;1-6,8-9H;3,6H,1-2H3;;;/q5*-1;;;;. The minimum Gasteiger partial charge on any atom is -0.512 e. The Morgan fingerprint density at radius 3 is 1.48 bits per heavy atom. The average molecular weight is 1820 g/mol. The maximum atomic E-state index is 10.0. The number of nitrogens with zero attached hydrogens (tertiary/aromatic N) is 5. The molecule has 11 heteroatoms. The van der Waals surface area contributed by atoms with Gasteiger partial charge >= 0.3 is 0 Å². The van der Waals surface area contributed by atoms with Crippen LogP contribution in [0.1, 0.15) is 36.1 Å². The monoisotopic (exact) mass is 1820 g/mol. The van der Waals surface area contributed by atoms with Crippen molar-refractivity contribution in [1.29, 1.82) is 0 Å². The van der Waals surface area contributed by atoms with Gasteiger partial charge in [-0.15, -0.1) is 161 Å². The van der Waals surface area contributed by atoms with Crippen molar-refractivity contribution in [3.05, 3.63) is 368 Å². The number of rotatable bonds is 9. The molecular formula is C88H70Ir3N5O3-5. The fourth-order valence-electron chi connectivity index (χ4n) is 10.2. The molecule has 6 aromatic heterocycles. The molecule has 1 N–H and O–H groups in total. The minimum absolute atomic E-state index is 0. The summed E-state index contributed by atoms with van der Waals surface area (Å²) in [6.07, 6.45) is 10.5. The Morgan fingerprint density at radius 2 is 0.899 bits per heavy atom. The summed E-state index contributed by atoms with van der Waals surface area (Å²) in [6.45, 7) is 11.2. The predicted molar refractivity (Wildman–Crippen MR) is 392 cm³/mol. The molecule has 0 aliphatic carbocycles. The van der Waals surface area contributed by atoms with Crippen LogP contribution in [0.15, 0.2) is 320 Å². The molecule has 0 spiro atoms. The van der Waals surface area contributed by atoms with Crippen LogP contribution < -0.4 is 0 Å². The van der Waals surface area contributed by atoms with Gasteiger partial charge < -0.3 is 34.4 Å². The largest absolute Gasteiger partial charge is 0.512 e. The van der Waals surface area contributed by atoms with Crippen LogP contribution in [0, 0.1) is 58.0 Å². The predicted octanol–water partition coefficient (Wildman–Crippen LogP) is 21.9. The number of fused-ring (bicyclic) bond motifs is 3. The van der Waals surface area contributed by atoms with Gasteiger partial charge in [0.05, 0.1) is 11.3 Å². The van der Waals surface area contributed by atoms with Gasteiger partial charge in [-0.25, -0.2) is 0 Å². The number of aromatic nitrogens is 5. The van der Waals surface area contributed by atoms with Crippen molar-refractivity contribution in [2.45, 2.75) is 41.5 Å². The number of pyridine rings is 5. The van der Waals surface area contributed by atoms with Crippen LogP contribution >= 0.6 is 0 Å². The van der Waals surface area contributed by atoms with Gasteiger partial charge in [-0.3, -0.25) is 4.79 Å². The van der Waals surface area contributed by atoms with Crippen LogP contribution in [0.3, 0.4) is 0 Å². The Labute approximate surface area is 621 Å². The van der Waals surface area contributed by atoms with E-state index >= 15 is 0 Å². The molecule has 3 radical (unpaired) electrons. The normalized spacial score (nSPS) is 10.2.